The number of hydrogen-bond acceptors (Lipinski definition) is 6. The lowest BCUT2D eigenvalue weighted by Gasteiger charge is -2.37. The molecule has 3 heterocycles. The number of piperazine rings is 1. The molecular formula is C21H29N5O2. The summed E-state index contributed by atoms with van der Waals surface area (Å²) in [4.78, 5) is 24.1. The fourth-order valence-electron chi connectivity index (χ4n) is 4.16. The SMILES string of the molecule is Cc1noc(-c2cccc(N3CC[C@H](C(=O)N4CCN(C(C)C)CC4)C3)c2)n1. The topological polar surface area (TPSA) is 65.7 Å². The zero-order chi connectivity index (χ0) is 19.7. The quantitative estimate of drug-likeness (QED) is 0.808. The van der Waals surface area contributed by atoms with Crippen molar-refractivity contribution < 1.29 is 9.32 Å². The van der Waals surface area contributed by atoms with E-state index in [1.165, 1.54) is 0 Å². The van der Waals surface area contributed by atoms with Gasteiger partial charge >= 0.3 is 0 Å². The maximum atomic E-state index is 13.0. The highest BCUT2D eigenvalue weighted by molar-refractivity contribution is 5.80. The monoisotopic (exact) mass is 383 g/mol. The second-order valence-electron chi connectivity index (χ2n) is 8.08. The molecule has 1 aromatic heterocycles. The van der Waals surface area contributed by atoms with Crippen LogP contribution >= 0.6 is 0 Å². The Balaban J connectivity index is 1.38. The molecule has 0 spiro atoms. The molecule has 2 aliphatic rings. The number of nitrogens with zero attached hydrogens (tertiary/aromatic N) is 5. The van der Waals surface area contributed by atoms with Gasteiger partial charge in [0.1, 0.15) is 0 Å². The molecule has 0 unspecified atom stereocenters. The van der Waals surface area contributed by atoms with Crippen molar-refractivity contribution in [3.8, 4) is 11.5 Å². The Morgan fingerprint density at radius 3 is 2.64 bits per heavy atom. The lowest BCUT2D eigenvalue weighted by atomic mass is 10.1. The maximum Gasteiger partial charge on any atom is 0.257 e. The van der Waals surface area contributed by atoms with E-state index in [1.54, 1.807) is 0 Å². The van der Waals surface area contributed by atoms with E-state index >= 15 is 0 Å². The summed E-state index contributed by atoms with van der Waals surface area (Å²) in [5.41, 5.74) is 2.02. The van der Waals surface area contributed by atoms with Gasteiger partial charge in [0, 0.05) is 56.6 Å². The van der Waals surface area contributed by atoms with E-state index in [0.717, 1.165) is 56.9 Å². The molecule has 0 N–H and O–H groups in total. The van der Waals surface area contributed by atoms with Gasteiger partial charge in [0.25, 0.3) is 5.89 Å². The number of rotatable bonds is 4. The van der Waals surface area contributed by atoms with Crippen molar-refractivity contribution >= 4 is 11.6 Å². The molecule has 0 saturated carbocycles. The first-order valence-electron chi connectivity index (χ1n) is 10.2. The van der Waals surface area contributed by atoms with E-state index in [9.17, 15) is 4.79 Å². The third-order valence-electron chi connectivity index (χ3n) is 5.88. The van der Waals surface area contributed by atoms with Gasteiger partial charge in [-0.15, -0.1) is 0 Å². The molecule has 1 aromatic carbocycles. The number of carbonyl (C=O) groups is 1. The lowest BCUT2D eigenvalue weighted by molar-refractivity contribution is -0.136. The predicted octanol–water partition coefficient (Wildman–Crippen LogP) is 2.42. The van der Waals surface area contributed by atoms with Gasteiger partial charge in [-0.25, -0.2) is 0 Å². The molecule has 0 radical (unpaired) electrons. The third kappa shape index (κ3) is 3.90. The summed E-state index contributed by atoms with van der Waals surface area (Å²) < 4.78 is 5.29. The number of aryl methyl sites for hydroxylation is 1. The summed E-state index contributed by atoms with van der Waals surface area (Å²) >= 11 is 0. The van der Waals surface area contributed by atoms with Crippen molar-refractivity contribution in [3.63, 3.8) is 0 Å². The molecule has 7 heteroatoms. The van der Waals surface area contributed by atoms with E-state index in [1.807, 2.05) is 19.1 Å². The minimum absolute atomic E-state index is 0.0832. The molecule has 2 saturated heterocycles. The van der Waals surface area contributed by atoms with Gasteiger partial charge in [0.15, 0.2) is 5.82 Å². The molecule has 2 aromatic rings. The highest BCUT2D eigenvalue weighted by Crippen LogP contribution is 2.29. The van der Waals surface area contributed by atoms with Crippen LogP contribution < -0.4 is 4.90 Å². The Hall–Kier alpha value is -2.41. The van der Waals surface area contributed by atoms with E-state index < -0.39 is 0 Å². The van der Waals surface area contributed by atoms with Crippen molar-refractivity contribution in [2.45, 2.75) is 33.2 Å². The molecule has 0 aliphatic carbocycles. The zero-order valence-electron chi connectivity index (χ0n) is 17.0. The van der Waals surface area contributed by atoms with Crippen LogP contribution in [0.2, 0.25) is 0 Å². The van der Waals surface area contributed by atoms with E-state index in [4.69, 9.17) is 4.52 Å². The van der Waals surface area contributed by atoms with Crippen molar-refractivity contribution in [1.82, 2.24) is 19.9 Å². The number of carbonyl (C=O) groups excluding carboxylic acids is 1. The largest absolute Gasteiger partial charge is 0.371 e. The van der Waals surface area contributed by atoms with Crippen LogP contribution in [-0.2, 0) is 4.79 Å². The van der Waals surface area contributed by atoms with Crippen molar-refractivity contribution in [2.75, 3.05) is 44.2 Å². The first-order chi connectivity index (χ1) is 13.5. The highest BCUT2D eigenvalue weighted by Gasteiger charge is 2.33. The van der Waals surface area contributed by atoms with E-state index in [0.29, 0.717) is 23.7 Å². The van der Waals surface area contributed by atoms with Gasteiger partial charge in [-0.2, -0.15) is 4.98 Å². The van der Waals surface area contributed by atoms with Gasteiger partial charge in [0.2, 0.25) is 5.91 Å². The molecule has 150 valence electrons. The highest BCUT2D eigenvalue weighted by atomic mass is 16.5. The summed E-state index contributed by atoms with van der Waals surface area (Å²) in [7, 11) is 0. The van der Waals surface area contributed by atoms with Crippen LogP contribution in [0.25, 0.3) is 11.5 Å². The Kier molecular flexibility index (Phi) is 5.35. The van der Waals surface area contributed by atoms with Gasteiger partial charge in [-0.3, -0.25) is 9.69 Å². The Labute approximate surface area is 166 Å². The number of aromatic nitrogens is 2. The number of benzene rings is 1. The molecule has 1 amide bonds. The average Bonchev–Trinajstić information content (AvgIpc) is 3.37. The second kappa shape index (κ2) is 7.91. The third-order valence-corrected chi connectivity index (χ3v) is 5.88. The first-order valence-corrected chi connectivity index (χ1v) is 10.2. The van der Waals surface area contributed by atoms with Crippen LogP contribution in [-0.4, -0.2) is 71.2 Å². The molecule has 4 rings (SSSR count). The summed E-state index contributed by atoms with van der Waals surface area (Å²) in [5, 5.41) is 3.87. The van der Waals surface area contributed by atoms with Crippen LogP contribution in [0.5, 0.6) is 0 Å². The average molecular weight is 383 g/mol. The van der Waals surface area contributed by atoms with E-state index in [-0.39, 0.29) is 5.92 Å². The van der Waals surface area contributed by atoms with Gasteiger partial charge in [-0.1, -0.05) is 11.2 Å². The summed E-state index contributed by atoms with van der Waals surface area (Å²) in [6.07, 6.45) is 0.910. The van der Waals surface area contributed by atoms with Gasteiger partial charge in [0.05, 0.1) is 5.92 Å². The summed E-state index contributed by atoms with van der Waals surface area (Å²) in [6, 6.07) is 8.69. The smallest absolute Gasteiger partial charge is 0.257 e. The Bertz CT molecular complexity index is 826. The zero-order valence-corrected chi connectivity index (χ0v) is 17.0. The Morgan fingerprint density at radius 1 is 1.18 bits per heavy atom. The molecule has 2 aliphatic heterocycles. The molecule has 28 heavy (non-hydrogen) atoms. The minimum Gasteiger partial charge on any atom is -0.371 e. The van der Waals surface area contributed by atoms with Gasteiger partial charge < -0.3 is 14.3 Å². The van der Waals surface area contributed by atoms with Crippen molar-refractivity contribution in [3.05, 3.63) is 30.1 Å². The van der Waals surface area contributed by atoms with Crippen molar-refractivity contribution in [2.24, 2.45) is 5.92 Å². The standard InChI is InChI=1S/C21H29N5O2/c1-15(2)24-9-11-25(12-10-24)21(27)18-7-8-26(14-18)19-6-4-5-17(13-19)20-22-16(3)23-28-20/h4-6,13,15,18H,7-12,14H2,1-3H3/t18-/m0/s1. The van der Waals surface area contributed by atoms with Gasteiger partial charge in [-0.05, 0) is 45.4 Å². The van der Waals surface area contributed by atoms with E-state index in [2.05, 4.69) is 50.8 Å². The predicted molar refractivity (Wildman–Crippen MR) is 108 cm³/mol. The fourth-order valence-corrected chi connectivity index (χ4v) is 4.16. The van der Waals surface area contributed by atoms with Crippen LogP contribution in [0, 0.1) is 12.8 Å². The minimum atomic E-state index is 0.0832. The lowest BCUT2D eigenvalue weighted by Crippen LogP contribution is -2.52. The number of amides is 1. The maximum absolute atomic E-state index is 13.0. The summed E-state index contributed by atoms with van der Waals surface area (Å²) in [5.74, 6) is 1.56. The van der Waals surface area contributed by atoms with Crippen LogP contribution in [0.1, 0.15) is 26.1 Å². The summed E-state index contributed by atoms with van der Waals surface area (Å²) in [6.45, 7) is 11.6. The fraction of sp³-hybridized carbons (Fsp3) is 0.571. The van der Waals surface area contributed by atoms with Crippen molar-refractivity contribution in [1.29, 1.82) is 0 Å². The number of hydrogen-bond donors (Lipinski definition) is 0. The van der Waals surface area contributed by atoms with Crippen LogP contribution in [0.4, 0.5) is 5.69 Å². The second-order valence-corrected chi connectivity index (χ2v) is 8.08. The molecule has 2 fully saturated rings. The normalized spacial score (nSPS) is 20.9. The molecule has 1 atom stereocenters. The first kappa shape index (κ1) is 18.9. The molecular weight excluding hydrogens is 354 g/mol. The molecule has 0 bridgehead atoms. The number of anilines is 1. The van der Waals surface area contributed by atoms with Crippen LogP contribution in [0.15, 0.2) is 28.8 Å². The van der Waals surface area contributed by atoms with Crippen LogP contribution in [0.3, 0.4) is 0 Å². The Morgan fingerprint density at radius 2 is 1.96 bits per heavy atom. The molecule has 7 nitrogen and oxygen atoms in total.